The minimum absolute atomic E-state index is 0.0322. The number of anilines is 2. The van der Waals surface area contributed by atoms with Gasteiger partial charge in [0, 0.05) is 5.02 Å². The molecule has 43 heavy (non-hydrogen) atoms. The first kappa shape index (κ1) is 33.6. The van der Waals surface area contributed by atoms with E-state index in [1.54, 1.807) is 74.5 Å². The van der Waals surface area contributed by atoms with Crippen LogP contribution in [-0.2, 0) is 45.9 Å². The fourth-order valence-electron chi connectivity index (χ4n) is 3.79. The Morgan fingerprint density at radius 1 is 0.814 bits per heavy atom. The molecule has 0 saturated heterocycles. The summed E-state index contributed by atoms with van der Waals surface area (Å²) in [5.74, 6) is -1.46. The minimum Gasteiger partial charge on any atom is -0.459 e. The van der Waals surface area contributed by atoms with E-state index in [1.165, 1.54) is 6.07 Å². The number of hydrogen-bond donors (Lipinski definition) is 3. The lowest BCUT2D eigenvalue weighted by atomic mass is 10.2. The summed E-state index contributed by atoms with van der Waals surface area (Å²) >= 11 is 6.17. The van der Waals surface area contributed by atoms with Crippen molar-refractivity contribution in [1.29, 1.82) is 0 Å². The first-order valence-electron chi connectivity index (χ1n) is 13.6. The fraction of sp³-hybridized carbons (Fsp3) is 0.300. The van der Waals surface area contributed by atoms with Crippen LogP contribution in [0.5, 0.6) is 0 Å². The fourth-order valence-corrected chi connectivity index (χ4v) is 5.37. The smallest absolute Gasteiger partial charge is 0.408 e. The summed E-state index contributed by atoms with van der Waals surface area (Å²) in [6.45, 7) is 3.69. The normalized spacial score (nSPS) is 11.7. The van der Waals surface area contributed by atoms with E-state index >= 15 is 0 Å². The molecule has 230 valence electrons. The number of hydrogen-bond acceptors (Lipinski definition) is 9. The number of ether oxygens (including phenoxy) is 2. The third-order valence-corrected chi connectivity index (χ3v) is 7.86. The molecule has 0 bridgehead atoms. The molecule has 0 aliphatic heterocycles. The third-order valence-electron chi connectivity index (χ3n) is 5.77. The molecule has 0 aromatic heterocycles. The van der Waals surface area contributed by atoms with Crippen molar-refractivity contribution in [2.75, 3.05) is 30.1 Å². The van der Waals surface area contributed by atoms with E-state index in [-0.39, 0.29) is 38.4 Å². The van der Waals surface area contributed by atoms with Crippen molar-refractivity contribution < 1.29 is 37.5 Å². The maximum absolute atomic E-state index is 13.1. The average molecular weight is 632 g/mol. The number of rotatable bonds is 16. The van der Waals surface area contributed by atoms with Crippen LogP contribution in [0.1, 0.15) is 31.4 Å². The molecular weight excluding hydrogens is 597 g/mol. The zero-order chi connectivity index (χ0) is 31.1. The summed E-state index contributed by atoms with van der Waals surface area (Å²) in [5, 5.41) is 8.40. The second-order valence-corrected chi connectivity index (χ2v) is 11.6. The van der Waals surface area contributed by atoms with E-state index in [1.807, 2.05) is 12.1 Å². The van der Waals surface area contributed by atoms with Crippen molar-refractivity contribution in [2.45, 2.75) is 39.5 Å². The average Bonchev–Trinajstić information content (AvgIpc) is 2.99. The van der Waals surface area contributed by atoms with Crippen molar-refractivity contribution in [3.63, 3.8) is 0 Å². The number of esters is 1. The Morgan fingerprint density at radius 2 is 1.40 bits per heavy atom. The monoisotopic (exact) mass is 631 g/mol. The number of benzene rings is 3. The second kappa shape index (κ2) is 17.3. The van der Waals surface area contributed by atoms with Crippen LogP contribution in [0.3, 0.4) is 0 Å². The molecule has 0 aliphatic carbocycles. The lowest BCUT2D eigenvalue weighted by Gasteiger charge is -2.20. The van der Waals surface area contributed by atoms with Gasteiger partial charge in [-0.3, -0.25) is 9.36 Å². The van der Waals surface area contributed by atoms with Crippen LogP contribution in [0.2, 0.25) is 5.02 Å². The molecule has 3 aromatic carbocycles. The van der Waals surface area contributed by atoms with Crippen molar-refractivity contribution in [3.05, 3.63) is 95.0 Å². The van der Waals surface area contributed by atoms with Gasteiger partial charge in [-0.15, -0.1) is 0 Å². The lowest BCUT2D eigenvalue weighted by Crippen LogP contribution is -2.44. The van der Waals surface area contributed by atoms with Gasteiger partial charge in [0.15, 0.2) is 0 Å². The molecule has 3 aromatic rings. The number of amides is 2. The van der Waals surface area contributed by atoms with Gasteiger partial charge in [0.05, 0.1) is 31.0 Å². The van der Waals surface area contributed by atoms with Gasteiger partial charge < -0.3 is 34.5 Å². The molecule has 0 spiro atoms. The van der Waals surface area contributed by atoms with E-state index in [0.29, 0.717) is 10.7 Å². The highest BCUT2D eigenvalue weighted by Crippen LogP contribution is 2.48. The van der Waals surface area contributed by atoms with Crippen molar-refractivity contribution >= 4 is 48.5 Å². The van der Waals surface area contributed by atoms with Crippen LogP contribution >= 0.6 is 19.2 Å². The van der Waals surface area contributed by atoms with Crippen LogP contribution in [0, 0.1) is 0 Å². The zero-order valence-electron chi connectivity index (χ0n) is 23.9. The van der Waals surface area contributed by atoms with E-state index in [0.717, 1.165) is 11.1 Å². The Hall–Kier alpha value is -3.89. The van der Waals surface area contributed by atoms with E-state index in [4.69, 9.17) is 30.1 Å². The van der Waals surface area contributed by atoms with Crippen LogP contribution in [0.15, 0.2) is 78.9 Å². The quantitative estimate of drug-likeness (QED) is 0.122. The summed E-state index contributed by atoms with van der Waals surface area (Å²) < 4.78 is 34.1. The topological polar surface area (TPSA) is 141 Å². The molecule has 1 atom stereocenters. The van der Waals surface area contributed by atoms with Gasteiger partial charge in [0.25, 0.3) is 0 Å². The van der Waals surface area contributed by atoms with Crippen molar-refractivity contribution in [3.8, 4) is 0 Å². The SMILES string of the molecule is CCOP(=O)(CNc1ccc(Cl)cc1NC(=O)C[C@@H](NC(=O)OCc1ccccc1)C(=O)OCc1ccccc1)OCC. The predicted octanol–water partition coefficient (Wildman–Crippen LogP) is 6.34. The first-order valence-corrected chi connectivity index (χ1v) is 15.7. The minimum atomic E-state index is -3.44. The number of nitrogens with one attached hydrogen (secondary N) is 3. The summed E-state index contributed by atoms with van der Waals surface area (Å²) in [7, 11) is -3.44. The third kappa shape index (κ3) is 11.7. The Bertz CT molecular complexity index is 1380. The van der Waals surface area contributed by atoms with Crippen LogP contribution in [0.4, 0.5) is 16.2 Å². The highest BCUT2D eigenvalue weighted by Gasteiger charge is 2.27. The van der Waals surface area contributed by atoms with Gasteiger partial charge in [-0.25, -0.2) is 9.59 Å². The summed E-state index contributed by atoms with van der Waals surface area (Å²) in [4.78, 5) is 38.7. The number of halogens is 1. The molecule has 2 amide bonds. The number of carbonyl (C=O) groups is 3. The zero-order valence-corrected chi connectivity index (χ0v) is 25.6. The highest BCUT2D eigenvalue weighted by molar-refractivity contribution is 7.53. The Morgan fingerprint density at radius 3 is 1.98 bits per heavy atom. The van der Waals surface area contributed by atoms with Crippen molar-refractivity contribution in [2.24, 2.45) is 0 Å². The first-order chi connectivity index (χ1) is 20.7. The highest BCUT2D eigenvalue weighted by atomic mass is 35.5. The van der Waals surface area contributed by atoms with E-state index < -0.39 is 38.0 Å². The van der Waals surface area contributed by atoms with Crippen LogP contribution in [0.25, 0.3) is 0 Å². The Balaban J connectivity index is 1.70. The van der Waals surface area contributed by atoms with Gasteiger partial charge >= 0.3 is 19.7 Å². The van der Waals surface area contributed by atoms with Gasteiger partial charge in [-0.05, 0) is 43.2 Å². The molecule has 0 heterocycles. The molecule has 0 aliphatic rings. The van der Waals surface area contributed by atoms with E-state index in [2.05, 4.69) is 16.0 Å². The summed E-state index contributed by atoms with van der Waals surface area (Å²) in [6.07, 6.45) is -1.54. The van der Waals surface area contributed by atoms with E-state index in [9.17, 15) is 18.9 Å². The number of carbonyl (C=O) groups excluding carboxylic acids is 3. The largest absolute Gasteiger partial charge is 0.459 e. The Labute approximate surface area is 255 Å². The lowest BCUT2D eigenvalue weighted by molar-refractivity contribution is -0.148. The molecule has 0 fully saturated rings. The van der Waals surface area contributed by atoms with Crippen molar-refractivity contribution in [1.82, 2.24) is 5.32 Å². The molecular formula is C30H35ClN3O8P. The van der Waals surface area contributed by atoms with Crippen LogP contribution < -0.4 is 16.0 Å². The second-order valence-electron chi connectivity index (χ2n) is 9.08. The number of alkyl carbamates (subject to hydrolysis) is 1. The van der Waals surface area contributed by atoms with Gasteiger partial charge in [-0.1, -0.05) is 72.3 Å². The molecule has 3 N–H and O–H groups in total. The van der Waals surface area contributed by atoms with Gasteiger partial charge in [0.1, 0.15) is 25.5 Å². The maximum atomic E-state index is 13.1. The van der Waals surface area contributed by atoms with Gasteiger partial charge in [-0.2, -0.15) is 0 Å². The molecule has 0 saturated carbocycles. The molecule has 0 radical (unpaired) electrons. The maximum Gasteiger partial charge on any atom is 0.408 e. The molecule has 11 nitrogen and oxygen atoms in total. The molecule has 0 unspecified atom stereocenters. The Kier molecular flexibility index (Phi) is 13.5. The predicted molar refractivity (Wildman–Crippen MR) is 164 cm³/mol. The molecule has 3 rings (SSSR count). The summed E-state index contributed by atoms with van der Waals surface area (Å²) in [6, 6.07) is 21.3. The van der Waals surface area contributed by atoms with Gasteiger partial charge in [0.2, 0.25) is 5.91 Å². The molecule has 13 heteroatoms. The summed E-state index contributed by atoms with van der Waals surface area (Å²) in [5.41, 5.74) is 2.12. The standard InChI is InChI=1S/C30H35ClN3O8P/c1-3-41-43(38,42-4-2)21-32-25-16-15-24(31)17-26(25)33-28(35)18-27(29(36)39-19-22-11-7-5-8-12-22)34-30(37)40-20-23-13-9-6-10-14-23/h5-17,27,32H,3-4,18-21H2,1-2H3,(H,33,35)(H,34,37)/t27-/m1/s1. The van der Waals surface area contributed by atoms with Crippen LogP contribution in [-0.4, -0.2) is 43.5 Å².